The summed E-state index contributed by atoms with van der Waals surface area (Å²) in [7, 11) is 0. The smallest absolute Gasteiger partial charge is 0.254 e. The quantitative estimate of drug-likeness (QED) is 0.898. The number of aromatic nitrogens is 4. The molecule has 0 aliphatic heterocycles. The van der Waals surface area contributed by atoms with Gasteiger partial charge in [-0.1, -0.05) is 13.8 Å². The zero-order valence-corrected chi connectivity index (χ0v) is 11.1. The first-order chi connectivity index (χ1) is 8.61. The lowest BCUT2D eigenvalue weighted by Crippen LogP contribution is -2.22. The molecule has 96 valence electrons. The molecule has 5 heteroatoms. The first kappa shape index (κ1) is 11.4. The Morgan fingerprint density at radius 3 is 2.89 bits per heavy atom. The van der Waals surface area contributed by atoms with E-state index in [4.69, 9.17) is 0 Å². The summed E-state index contributed by atoms with van der Waals surface area (Å²) in [5.74, 6) is 2.37. The van der Waals surface area contributed by atoms with E-state index in [-0.39, 0.29) is 0 Å². The Morgan fingerprint density at radius 1 is 1.44 bits per heavy atom. The van der Waals surface area contributed by atoms with E-state index in [0.29, 0.717) is 11.2 Å². The molecule has 1 aliphatic rings. The van der Waals surface area contributed by atoms with Gasteiger partial charge in [0.25, 0.3) is 5.78 Å². The first-order valence-corrected chi connectivity index (χ1v) is 6.52. The summed E-state index contributed by atoms with van der Waals surface area (Å²) in [5.41, 5.74) is 1.44. The van der Waals surface area contributed by atoms with Crippen molar-refractivity contribution in [3.05, 3.63) is 18.1 Å². The lowest BCUT2D eigenvalue weighted by atomic mass is 9.92. The van der Waals surface area contributed by atoms with Gasteiger partial charge in [-0.2, -0.15) is 14.6 Å². The molecule has 2 aromatic rings. The van der Waals surface area contributed by atoms with Gasteiger partial charge in [0.15, 0.2) is 0 Å². The highest BCUT2D eigenvalue weighted by atomic mass is 15.3. The predicted molar refractivity (Wildman–Crippen MR) is 70.5 cm³/mol. The van der Waals surface area contributed by atoms with E-state index in [1.165, 1.54) is 12.8 Å². The van der Waals surface area contributed by atoms with Gasteiger partial charge in [-0.3, -0.25) is 0 Å². The summed E-state index contributed by atoms with van der Waals surface area (Å²) in [5, 5.41) is 7.73. The minimum Gasteiger partial charge on any atom is -0.369 e. The van der Waals surface area contributed by atoms with Crippen LogP contribution in [-0.2, 0) is 0 Å². The highest BCUT2D eigenvalue weighted by Crippen LogP contribution is 2.51. The van der Waals surface area contributed by atoms with Crippen molar-refractivity contribution in [1.29, 1.82) is 0 Å². The van der Waals surface area contributed by atoms with Crippen molar-refractivity contribution in [3.8, 4) is 0 Å². The highest BCUT2D eigenvalue weighted by molar-refractivity contribution is 5.45. The molecule has 18 heavy (non-hydrogen) atoms. The van der Waals surface area contributed by atoms with Crippen molar-refractivity contribution in [2.24, 2.45) is 11.3 Å². The van der Waals surface area contributed by atoms with Crippen LogP contribution in [0.5, 0.6) is 0 Å². The number of nitrogens with one attached hydrogen (secondary N) is 1. The van der Waals surface area contributed by atoms with Gasteiger partial charge >= 0.3 is 0 Å². The van der Waals surface area contributed by atoms with Crippen LogP contribution < -0.4 is 5.32 Å². The van der Waals surface area contributed by atoms with Gasteiger partial charge in [-0.15, -0.1) is 0 Å². The van der Waals surface area contributed by atoms with Crippen LogP contribution in [0.15, 0.2) is 12.4 Å². The number of anilines is 1. The van der Waals surface area contributed by atoms with Gasteiger partial charge in [-0.05, 0) is 31.1 Å². The van der Waals surface area contributed by atoms with E-state index in [1.807, 2.05) is 13.0 Å². The molecule has 0 radical (unpaired) electrons. The van der Waals surface area contributed by atoms with Gasteiger partial charge < -0.3 is 5.32 Å². The van der Waals surface area contributed by atoms with Crippen LogP contribution in [0.3, 0.4) is 0 Å². The molecule has 1 saturated carbocycles. The van der Waals surface area contributed by atoms with Crippen molar-refractivity contribution in [2.75, 3.05) is 11.9 Å². The SMILES string of the molecule is Cc1cc(NCC2(C(C)C)CC2)n2ncnc2n1. The second-order valence-electron chi connectivity index (χ2n) is 5.63. The van der Waals surface area contributed by atoms with E-state index in [1.54, 1.807) is 10.8 Å². The highest BCUT2D eigenvalue weighted by Gasteiger charge is 2.45. The van der Waals surface area contributed by atoms with E-state index < -0.39 is 0 Å². The Bertz CT molecular complexity index is 568. The molecule has 0 saturated heterocycles. The monoisotopic (exact) mass is 245 g/mol. The van der Waals surface area contributed by atoms with Crippen molar-refractivity contribution in [3.63, 3.8) is 0 Å². The number of nitrogens with zero attached hydrogens (tertiary/aromatic N) is 4. The molecule has 3 rings (SSSR count). The maximum absolute atomic E-state index is 4.34. The molecule has 0 amide bonds. The van der Waals surface area contributed by atoms with Crippen molar-refractivity contribution >= 4 is 11.6 Å². The van der Waals surface area contributed by atoms with E-state index in [2.05, 4.69) is 34.2 Å². The number of hydrogen-bond donors (Lipinski definition) is 1. The molecular weight excluding hydrogens is 226 g/mol. The average molecular weight is 245 g/mol. The third-order valence-electron chi connectivity index (χ3n) is 4.12. The average Bonchev–Trinajstić information content (AvgIpc) is 2.98. The van der Waals surface area contributed by atoms with Crippen LogP contribution in [-0.4, -0.2) is 26.1 Å². The minimum atomic E-state index is 0.476. The van der Waals surface area contributed by atoms with Gasteiger partial charge in [0.2, 0.25) is 0 Å². The third kappa shape index (κ3) is 1.83. The normalized spacial score (nSPS) is 17.3. The van der Waals surface area contributed by atoms with Crippen LogP contribution in [0.2, 0.25) is 0 Å². The molecule has 0 spiro atoms. The van der Waals surface area contributed by atoms with Crippen LogP contribution in [0.4, 0.5) is 5.82 Å². The molecule has 2 heterocycles. The number of rotatable bonds is 4. The topological polar surface area (TPSA) is 55.1 Å². The molecule has 0 unspecified atom stereocenters. The third-order valence-corrected chi connectivity index (χ3v) is 4.12. The molecule has 0 aromatic carbocycles. The Morgan fingerprint density at radius 2 is 2.22 bits per heavy atom. The fourth-order valence-electron chi connectivity index (χ4n) is 2.44. The van der Waals surface area contributed by atoms with Crippen LogP contribution in [0, 0.1) is 18.3 Å². The maximum atomic E-state index is 4.34. The van der Waals surface area contributed by atoms with E-state index in [0.717, 1.165) is 24.0 Å². The number of fused-ring (bicyclic) bond motifs is 1. The van der Waals surface area contributed by atoms with Crippen LogP contribution in [0.1, 0.15) is 32.4 Å². The van der Waals surface area contributed by atoms with Crippen molar-refractivity contribution in [1.82, 2.24) is 19.6 Å². The Balaban J connectivity index is 1.84. The summed E-state index contributed by atoms with van der Waals surface area (Å²) >= 11 is 0. The zero-order valence-electron chi connectivity index (χ0n) is 11.1. The lowest BCUT2D eigenvalue weighted by molar-refractivity contribution is 0.379. The molecule has 1 aliphatic carbocycles. The summed E-state index contributed by atoms with van der Waals surface area (Å²) in [6.45, 7) is 7.59. The Kier molecular flexibility index (Phi) is 2.50. The molecule has 1 N–H and O–H groups in total. The zero-order chi connectivity index (χ0) is 12.8. The number of aryl methyl sites for hydroxylation is 1. The molecular formula is C13H19N5. The Labute approximate surface area is 107 Å². The maximum Gasteiger partial charge on any atom is 0.254 e. The van der Waals surface area contributed by atoms with Crippen LogP contribution >= 0.6 is 0 Å². The van der Waals surface area contributed by atoms with Gasteiger partial charge in [0, 0.05) is 18.3 Å². The van der Waals surface area contributed by atoms with Crippen molar-refractivity contribution in [2.45, 2.75) is 33.6 Å². The van der Waals surface area contributed by atoms with E-state index in [9.17, 15) is 0 Å². The molecule has 1 fully saturated rings. The second-order valence-corrected chi connectivity index (χ2v) is 5.63. The minimum absolute atomic E-state index is 0.476. The van der Waals surface area contributed by atoms with Gasteiger partial charge in [0.1, 0.15) is 12.1 Å². The summed E-state index contributed by atoms with van der Waals surface area (Å²) in [6.07, 6.45) is 4.19. The molecule has 5 nitrogen and oxygen atoms in total. The predicted octanol–water partition coefficient (Wildman–Crippen LogP) is 2.28. The molecule has 2 aromatic heterocycles. The molecule has 0 bridgehead atoms. The second kappa shape index (κ2) is 3.93. The Hall–Kier alpha value is -1.65. The first-order valence-electron chi connectivity index (χ1n) is 6.52. The van der Waals surface area contributed by atoms with Crippen LogP contribution in [0.25, 0.3) is 5.78 Å². The largest absolute Gasteiger partial charge is 0.369 e. The molecule has 0 atom stereocenters. The lowest BCUT2D eigenvalue weighted by Gasteiger charge is -2.20. The standard InChI is InChI=1S/C13H19N5/c1-9(2)13(4-5-13)7-14-11-6-10(3)17-12-15-8-16-18(11)12/h6,8-9,14H,4-5,7H2,1-3H3. The summed E-state index contributed by atoms with van der Waals surface area (Å²) in [4.78, 5) is 8.48. The van der Waals surface area contributed by atoms with Crippen molar-refractivity contribution < 1.29 is 0 Å². The summed E-state index contributed by atoms with van der Waals surface area (Å²) in [6, 6.07) is 2.03. The van der Waals surface area contributed by atoms with Gasteiger partial charge in [-0.25, -0.2) is 4.98 Å². The van der Waals surface area contributed by atoms with Gasteiger partial charge in [0.05, 0.1) is 0 Å². The number of hydrogen-bond acceptors (Lipinski definition) is 4. The van der Waals surface area contributed by atoms with E-state index >= 15 is 0 Å². The summed E-state index contributed by atoms with van der Waals surface area (Å²) < 4.78 is 1.77. The fraction of sp³-hybridized carbons (Fsp3) is 0.615. The fourth-order valence-corrected chi connectivity index (χ4v) is 2.44.